The summed E-state index contributed by atoms with van der Waals surface area (Å²) in [6.07, 6.45) is 1.60. The second-order valence-electron chi connectivity index (χ2n) is 5.20. The molecule has 0 saturated heterocycles. The van der Waals surface area contributed by atoms with Crippen molar-refractivity contribution in [3.05, 3.63) is 65.7 Å². The van der Waals surface area contributed by atoms with Crippen LogP contribution < -0.4 is 10.2 Å². The molecule has 0 bridgehead atoms. The molecule has 0 spiro atoms. The van der Waals surface area contributed by atoms with Gasteiger partial charge in [0.15, 0.2) is 0 Å². The van der Waals surface area contributed by atoms with Crippen LogP contribution in [0.1, 0.15) is 25.0 Å². The smallest absolute Gasteiger partial charge is 0.242 e. The van der Waals surface area contributed by atoms with Crippen molar-refractivity contribution in [3.63, 3.8) is 0 Å². The van der Waals surface area contributed by atoms with Gasteiger partial charge in [-0.05, 0) is 17.7 Å². The Bertz CT molecular complexity index is 637. The lowest BCUT2D eigenvalue weighted by atomic mass is 10.2. The summed E-state index contributed by atoms with van der Waals surface area (Å²) in [6, 6.07) is 17.5. The molecule has 0 radical (unpaired) electrons. The Morgan fingerprint density at radius 2 is 1.82 bits per heavy atom. The number of ether oxygens (including phenoxy) is 1. The van der Waals surface area contributed by atoms with Gasteiger partial charge in [-0.15, -0.1) is 0 Å². The lowest BCUT2D eigenvalue weighted by molar-refractivity contribution is -0.123. The molecule has 2 rings (SSSR count). The average molecular weight is 296 g/mol. The first-order valence-electron chi connectivity index (χ1n) is 7.25. The van der Waals surface area contributed by atoms with E-state index in [1.165, 1.54) is 0 Å². The number of rotatable bonds is 6. The van der Waals surface area contributed by atoms with Gasteiger partial charge in [0.1, 0.15) is 12.4 Å². The fourth-order valence-corrected chi connectivity index (χ4v) is 1.75. The minimum absolute atomic E-state index is 0.0956. The first-order chi connectivity index (χ1) is 10.7. The van der Waals surface area contributed by atoms with E-state index >= 15 is 0 Å². The molecule has 0 heterocycles. The number of amides is 1. The van der Waals surface area contributed by atoms with Gasteiger partial charge < -0.3 is 4.74 Å². The molecule has 114 valence electrons. The maximum absolute atomic E-state index is 11.5. The number of hydrogen-bond acceptors (Lipinski definition) is 3. The summed E-state index contributed by atoms with van der Waals surface area (Å²) in [5.41, 5.74) is 4.43. The number of carbonyl (C=O) groups excluding carboxylic acids is 1. The Morgan fingerprint density at radius 1 is 1.14 bits per heavy atom. The fourth-order valence-electron chi connectivity index (χ4n) is 1.75. The third kappa shape index (κ3) is 4.74. The second kappa shape index (κ2) is 7.98. The molecular weight excluding hydrogens is 276 g/mol. The summed E-state index contributed by atoms with van der Waals surface area (Å²) < 4.78 is 5.82. The van der Waals surface area contributed by atoms with E-state index in [0.29, 0.717) is 6.61 Å². The summed E-state index contributed by atoms with van der Waals surface area (Å²) in [4.78, 5) is 11.5. The molecule has 0 aliphatic heterocycles. The third-order valence-electron chi connectivity index (χ3n) is 3.06. The highest BCUT2D eigenvalue weighted by molar-refractivity contribution is 5.85. The van der Waals surface area contributed by atoms with Crippen LogP contribution >= 0.6 is 0 Å². The Balaban J connectivity index is 2.00. The average Bonchev–Trinajstić information content (AvgIpc) is 2.54. The van der Waals surface area contributed by atoms with Crippen molar-refractivity contribution in [3.8, 4) is 5.75 Å². The van der Waals surface area contributed by atoms with Crippen molar-refractivity contribution in [2.75, 3.05) is 0 Å². The maximum atomic E-state index is 11.5. The molecule has 1 N–H and O–H groups in total. The summed E-state index contributed by atoms with van der Waals surface area (Å²) in [5.74, 6) is 0.523. The van der Waals surface area contributed by atoms with Crippen molar-refractivity contribution >= 4 is 12.1 Å². The van der Waals surface area contributed by atoms with Gasteiger partial charge >= 0.3 is 0 Å². The summed E-state index contributed by atoms with van der Waals surface area (Å²) in [6.45, 7) is 4.13. The normalized spacial score (nSPS) is 10.9. The molecule has 0 aliphatic carbocycles. The zero-order valence-electron chi connectivity index (χ0n) is 12.8. The molecule has 0 atom stereocenters. The Kier molecular flexibility index (Phi) is 5.72. The summed E-state index contributed by atoms with van der Waals surface area (Å²) in [7, 11) is 0. The van der Waals surface area contributed by atoms with E-state index in [9.17, 15) is 4.79 Å². The van der Waals surface area contributed by atoms with Crippen LogP contribution in [0.5, 0.6) is 5.75 Å². The van der Waals surface area contributed by atoms with E-state index in [2.05, 4.69) is 10.5 Å². The molecule has 22 heavy (non-hydrogen) atoms. The first-order valence-corrected chi connectivity index (χ1v) is 7.25. The monoisotopic (exact) mass is 296 g/mol. The van der Waals surface area contributed by atoms with E-state index in [4.69, 9.17) is 4.74 Å². The van der Waals surface area contributed by atoms with Crippen molar-refractivity contribution in [2.24, 2.45) is 11.0 Å². The highest BCUT2D eigenvalue weighted by Gasteiger charge is 2.05. The molecule has 0 aliphatic rings. The fraction of sp³-hybridized carbons (Fsp3) is 0.222. The van der Waals surface area contributed by atoms with Gasteiger partial charge in [0.2, 0.25) is 5.91 Å². The molecule has 0 unspecified atom stereocenters. The molecule has 0 aromatic heterocycles. The van der Waals surface area contributed by atoms with Crippen molar-refractivity contribution in [1.82, 2.24) is 5.43 Å². The molecule has 0 saturated carbocycles. The van der Waals surface area contributed by atoms with E-state index in [-0.39, 0.29) is 11.8 Å². The number of benzene rings is 2. The quantitative estimate of drug-likeness (QED) is 0.656. The van der Waals surface area contributed by atoms with Crippen LogP contribution in [0.4, 0.5) is 0 Å². The zero-order chi connectivity index (χ0) is 15.8. The SMILES string of the molecule is CC(C)C(=O)N/N=C/c1ccccc1OCc1ccccc1. The number of hydrogen-bond donors (Lipinski definition) is 1. The number of hydrazone groups is 1. The van der Waals surface area contributed by atoms with E-state index in [1.54, 1.807) is 6.21 Å². The lowest BCUT2D eigenvalue weighted by Gasteiger charge is -2.09. The largest absolute Gasteiger partial charge is 0.488 e. The third-order valence-corrected chi connectivity index (χ3v) is 3.06. The van der Waals surface area contributed by atoms with Gasteiger partial charge in [-0.3, -0.25) is 4.79 Å². The second-order valence-corrected chi connectivity index (χ2v) is 5.20. The Morgan fingerprint density at radius 3 is 2.55 bits per heavy atom. The Labute approximate surface area is 130 Å². The topological polar surface area (TPSA) is 50.7 Å². The standard InChI is InChI=1S/C18H20N2O2/c1-14(2)18(21)20-19-12-16-10-6-7-11-17(16)22-13-15-8-4-3-5-9-15/h3-12,14H,13H2,1-2H3,(H,20,21)/b19-12+. The molecule has 4 nitrogen and oxygen atoms in total. The van der Waals surface area contributed by atoms with Crippen LogP contribution in [0.25, 0.3) is 0 Å². The van der Waals surface area contributed by atoms with E-state index < -0.39 is 0 Å². The number of nitrogens with zero attached hydrogens (tertiary/aromatic N) is 1. The van der Waals surface area contributed by atoms with E-state index in [0.717, 1.165) is 16.9 Å². The van der Waals surface area contributed by atoms with Crippen molar-refractivity contribution < 1.29 is 9.53 Å². The maximum Gasteiger partial charge on any atom is 0.242 e. The lowest BCUT2D eigenvalue weighted by Crippen LogP contribution is -2.22. The molecular formula is C18H20N2O2. The number of carbonyl (C=O) groups is 1. The predicted molar refractivity (Wildman–Crippen MR) is 87.8 cm³/mol. The van der Waals surface area contributed by atoms with Gasteiger partial charge in [0, 0.05) is 11.5 Å². The minimum Gasteiger partial charge on any atom is -0.488 e. The van der Waals surface area contributed by atoms with Crippen LogP contribution in [-0.2, 0) is 11.4 Å². The van der Waals surface area contributed by atoms with Crippen molar-refractivity contribution in [2.45, 2.75) is 20.5 Å². The van der Waals surface area contributed by atoms with E-state index in [1.807, 2.05) is 68.4 Å². The Hall–Kier alpha value is -2.62. The van der Waals surface area contributed by atoms with Crippen LogP contribution in [0.15, 0.2) is 59.7 Å². The minimum atomic E-state index is -0.112. The first kappa shape index (κ1) is 15.8. The van der Waals surface area contributed by atoms with Crippen LogP contribution in [-0.4, -0.2) is 12.1 Å². The number of nitrogens with one attached hydrogen (secondary N) is 1. The summed E-state index contributed by atoms with van der Waals surface area (Å²) >= 11 is 0. The van der Waals surface area contributed by atoms with Crippen LogP contribution in [0, 0.1) is 5.92 Å². The highest BCUT2D eigenvalue weighted by Crippen LogP contribution is 2.17. The number of para-hydroxylation sites is 1. The van der Waals surface area contributed by atoms with Gasteiger partial charge in [-0.25, -0.2) is 5.43 Å². The van der Waals surface area contributed by atoms with Gasteiger partial charge in [-0.2, -0.15) is 5.10 Å². The van der Waals surface area contributed by atoms with Gasteiger partial charge in [0.05, 0.1) is 6.21 Å². The predicted octanol–water partition coefficient (Wildman–Crippen LogP) is 3.37. The highest BCUT2D eigenvalue weighted by atomic mass is 16.5. The molecule has 2 aromatic rings. The molecule has 4 heteroatoms. The summed E-state index contributed by atoms with van der Waals surface area (Å²) in [5, 5.41) is 3.97. The van der Waals surface area contributed by atoms with Crippen LogP contribution in [0.3, 0.4) is 0 Å². The van der Waals surface area contributed by atoms with Crippen molar-refractivity contribution in [1.29, 1.82) is 0 Å². The molecule has 0 fully saturated rings. The van der Waals surface area contributed by atoms with Gasteiger partial charge in [0.25, 0.3) is 0 Å². The van der Waals surface area contributed by atoms with Crippen LogP contribution in [0.2, 0.25) is 0 Å². The zero-order valence-corrected chi connectivity index (χ0v) is 12.8. The van der Waals surface area contributed by atoms with Gasteiger partial charge in [-0.1, -0.05) is 56.3 Å². The molecule has 1 amide bonds. The molecule has 2 aromatic carbocycles.